The summed E-state index contributed by atoms with van der Waals surface area (Å²) in [5, 5.41) is 8.95. The van der Waals surface area contributed by atoms with Crippen molar-refractivity contribution in [3.8, 4) is 0 Å². The molecule has 4 heterocycles. The van der Waals surface area contributed by atoms with E-state index in [1.807, 2.05) is 17.5 Å². The minimum absolute atomic E-state index is 0.0745. The summed E-state index contributed by atoms with van der Waals surface area (Å²) in [6, 6.07) is 2.90. The minimum atomic E-state index is -4.42. The van der Waals surface area contributed by atoms with Crippen LogP contribution in [0.2, 0.25) is 0 Å². The van der Waals surface area contributed by atoms with Crippen molar-refractivity contribution in [1.29, 1.82) is 0 Å². The average Bonchev–Trinajstić information content (AvgIpc) is 3.32. The third kappa shape index (κ3) is 3.01. The number of alkyl halides is 3. The Hall–Kier alpha value is -2.03. The highest BCUT2D eigenvalue weighted by molar-refractivity contribution is 7.10. The predicted molar refractivity (Wildman–Crippen MR) is 87.8 cm³/mol. The molecule has 1 N–H and O–H groups in total. The minimum Gasteiger partial charge on any atom is -0.363 e. The summed E-state index contributed by atoms with van der Waals surface area (Å²) < 4.78 is 41.6. The molecule has 0 aromatic carbocycles. The SMILES string of the molecule is O=C(c1cc2n(n1)[C@@H](C(F)(F)F)C[C@@H](c1cccs1)N2)N1CCCC1. The van der Waals surface area contributed by atoms with Crippen molar-refractivity contribution in [3.63, 3.8) is 0 Å². The molecular weight excluding hydrogens is 353 g/mol. The van der Waals surface area contributed by atoms with Gasteiger partial charge in [-0.2, -0.15) is 18.3 Å². The van der Waals surface area contributed by atoms with Crippen molar-refractivity contribution in [2.75, 3.05) is 18.4 Å². The van der Waals surface area contributed by atoms with Crippen LogP contribution >= 0.6 is 11.3 Å². The standard InChI is InChI=1S/C16H17F3N4OS/c17-16(18,19)13-8-10(12-4-3-7-25-12)20-14-9-11(21-23(13)14)15(24)22-5-1-2-6-22/h3-4,7,9-10,13,20H,1-2,5-6,8H2/t10-,13+/m0/s1. The summed E-state index contributed by atoms with van der Waals surface area (Å²) in [5.41, 5.74) is 0.0745. The number of likely N-dealkylation sites (tertiary alicyclic amines) is 1. The third-order valence-corrected chi connectivity index (χ3v) is 5.67. The molecule has 1 saturated heterocycles. The molecule has 0 bridgehead atoms. The molecule has 2 aromatic heterocycles. The van der Waals surface area contributed by atoms with Gasteiger partial charge in [-0.1, -0.05) is 6.07 Å². The van der Waals surface area contributed by atoms with Gasteiger partial charge in [0.25, 0.3) is 5.91 Å². The van der Waals surface area contributed by atoms with Gasteiger partial charge >= 0.3 is 6.18 Å². The zero-order valence-electron chi connectivity index (χ0n) is 13.3. The number of carbonyl (C=O) groups excluding carboxylic acids is 1. The number of amides is 1. The second-order valence-electron chi connectivity index (χ2n) is 6.36. The number of fused-ring (bicyclic) bond motifs is 1. The number of nitrogens with one attached hydrogen (secondary N) is 1. The summed E-state index contributed by atoms with van der Waals surface area (Å²) in [5.74, 6) is -0.0516. The highest BCUT2D eigenvalue weighted by Gasteiger charge is 2.47. The highest BCUT2D eigenvalue weighted by Crippen LogP contribution is 2.44. The molecule has 0 spiro atoms. The normalized spacial score (nSPS) is 23.4. The van der Waals surface area contributed by atoms with Crippen molar-refractivity contribution in [1.82, 2.24) is 14.7 Å². The number of nitrogens with zero attached hydrogens (tertiary/aromatic N) is 3. The van der Waals surface area contributed by atoms with Gasteiger partial charge in [0, 0.05) is 30.5 Å². The van der Waals surface area contributed by atoms with Crippen LogP contribution in [0.4, 0.5) is 19.0 Å². The maximum Gasteiger partial charge on any atom is 0.410 e. The average molecular weight is 370 g/mol. The van der Waals surface area contributed by atoms with E-state index < -0.39 is 18.3 Å². The summed E-state index contributed by atoms with van der Waals surface area (Å²) >= 11 is 1.42. The Morgan fingerprint density at radius 2 is 2.08 bits per heavy atom. The molecule has 134 valence electrons. The first-order valence-electron chi connectivity index (χ1n) is 8.19. The van der Waals surface area contributed by atoms with Gasteiger partial charge in [-0.3, -0.25) is 4.79 Å². The van der Waals surface area contributed by atoms with E-state index in [4.69, 9.17) is 0 Å². The molecular formula is C16H17F3N4OS. The summed E-state index contributed by atoms with van der Waals surface area (Å²) in [4.78, 5) is 15.0. The maximum absolute atomic E-state index is 13.6. The zero-order chi connectivity index (χ0) is 17.6. The fourth-order valence-corrected chi connectivity index (χ4v) is 4.23. The first kappa shape index (κ1) is 16.4. The van der Waals surface area contributed by atoms with E-state index in [1.54, 1.807) is 4.90 Å². The number of halogens is 3. The van der Waals surface area contributed by atoms with Crippen molar-refractivity contribution < 1.29 is 18.0 Å². The Labute approximate surface area is 146 Å². The molecule has 4 rings (SSSR count). The lowest BCUT2D eigenvalue weighted by atomic mass is 10.0. The Morgan fingerprint density at radius 3 is 2.72 bits per heavy atom. The molecule has 5 nitrogen and oxygen atoms in total. The van der Waals surface area contributed by atoms with E-state index in [2.05, 4.69) is 10.4 Å². The molecule has 0 aliphatic carbocycles. The van der Waals surface area contributed by atoms with Crippen LogP contribution in [0.3, 0.4) is 0 Å². The Bertz CT molecular complexity index is 765. The highest BCUT2D eigenvalue weighted by atomic mass is 32.1. The van der Waals surface area contributed by atoms with E-state index in [0.29, 0.717) is 13.1 Å². The van der Waals surface area contributed by atoms with Crippen LogP contribution in [0, 0.1) is 0 Å². The van der Waals surface area contributed by atoms with Crippen LogP contribution < -0.4 is 5.32 Å². The number of carbonyl (C=O) groups is 1. The van der Waals surface area contributed by atoms with Gasteiger partial charge in [-0.25, -0.2) is 4.68 Å². The zero-order valence-corrected chi connectivity index (χ0v) is 14.1. The third-order valence-electron chi connectivity index (χ3n) is 4.69. The summed E-state index contributed by atoms with van der Waals surface area (Å²) in [6.07, 6.45) is -2.73. The molecule has 2 aliphatic heterocycles. The molecule has 2 aromatic rings. The topological polar surface area (TPSA) is 50.2 Å². The lowest BCUT2D eigenvalue weighted by Crippen LogP contribution is -2.35. The predicted octanol–water partition coefficient (Wildman–Crippen LogP) is 3.84. The molecule has 1 amide bonds. The van der Waals surface area contributed by atoms with Gasteiger partial charge < -0.3 is 10.2 Å². The Morgan fingerprint density at radius 1 is 1.32 bits per heavy atom. The van der Waals surface area contributed by atoms with Gasteiger partial charge in [0.2, 0.25) is 0 Å². The molecule has 0 unspecified atom stereocenters. The largest absolute Gasteiger partial charge is 0.410 e. The number of hydrogen-bond acceptors (Lipinski definition) is 4. The second kappa shape index (κ2) is 6.05. The van der Waals surface area contributed by atoms with E-state index in [1.165, 1.54) is 17.4 Å². The Kier molecular flexibility index (Phi) is 3.98. The first-order chi connectivity index (χ1) is 11.9. The van der Waals surface area contributed by atoms with Crippen LogP contribution in [-0.4, -0.2) is 39.9 Å². The fraction of sp³-hybridized carbons (Fsp3) is 0.500. The monoisotopic (exact) mass is 370 g/mol. The fourth-order valence-electron chi connectivity index (χ4n) is 3.44. The van der Waals surface area contributed by atoms with Gasteiger partial charge in [0.15, 0.2) is 11.7 Å². The molecule has 0 saturated carbocycles. The van der Waals surface area contributed by atoms with Crippen LogP contribution in [0.5, 0.6) is 0 Å². The van der Waals surface area contributed by atoms with Crippen LogP contribution in [0.15, 0.2) is 23.6 Å². The second-order valence-corrected chi connectivity index (χ2v) is 7.34. The van der Waals surface area contributed by atoms with Gasteiger partial charge in [-0.15, -0.1) is 11.3 Å². The van der Waals surface area contributed by atoms with Crippen LogP contribution in [-0.2, 0) is 0 Å². The molecule has 0 radical (unpaired) electrons. The maximum atomic E-state index is 13.6. The van der Waals surface area contributed by atoms with Crippen molar-refractivity contribution in [2.45, 2.75) is 37.5 Å². The molecule has 9 heteroatoms. The molecule has 1 fully saturated rings. The summed E-state index contributed by atoms with van der Waals surface area (Å²) in [6.45, 7) is 1.27. The van der Waals surface area contributed by atoms with Crippen molar-refractivity contribution in [2.24, 2.45) is 0 Å². The van der Waals surface area contributed by atoms with Gasteiger partial charge in [0.1, 0.15) is 5.82 Å². The number of rotatable bonds is 2. The molecule has 2 aliphatic rings. The lowest BCUT2D eigenvalue weighted by molar-refractivity contribution is -0.173. The first-order valence-corrected chi connectivity index (χ1v) is 9.07. The Balaban J connectivity index is 1.68. The van der Waals surface area contributed by atoms with Gasteiger partial charge in [0.05, 0.1) is 6.04 Å². The van der Waals surface area contributed by atoms with Crippen molar-refractivity contribution in [3.05, 3.63) is 34.2 Å². The lowest BCUT2D eigenvalue weighted by Gasteiger charge is -2.32. The number of thiophene rings is 1. The summed E-state index contributed by atoms with van der Waals surface area (Å²) in [7, 11) is 0. The quantitative estimate of drug-likeness (QED) is 0.874. The van der Waals surface area contributed by atoms with E-state index >= 15 is 0 Å². The van der Waals surface area contributed by atoms with E-state index in [-0.39, 0.29) is 23.8 Å². The smallest absolute Gasteiger partial charge is 0.363 e. The molecule has 2 atom stereocenters. The number of hydrogen-bond donors (Lipinski definition) is 1. The van der Waals surface area contributed by atoms with E-state index in [9.17, 15) is 18.0 Å². The number of aromatic nitrogens is 2. The molecule has 25 heavy (non-hydrogen) atoms. The number of anilines is 1. The van der Waals surface area contributed by atoms with Gasteiger partial charge in [-0.05, 0) is 24.3 Å². The van der Waals surface area contributed by atoms with Crippen LogP contribution in [0.1, 0.15) is 46.7 Å². The van der Waals surface area contributed by atoms with Crippen LogP contribution in [0.25, 0.3) is 0 Å². The van der Waals surface area contributed by atoms with Crippen molar-refractivity contribution >= 4 is 23.1 Å². The van der Waals surface area contributed by atoms with E-state index in [0.717, 1.165) is 22.4 Å².